The molecule has 0 aliphatic heterocycles. The van der Waals surface area contributed by atoms with Gasteiger partial charge in [0.25, 0.3) is 21.8 Å². The molecule has 21 heteroatoms. The summed E-state index contributed by atoms with van der Waals surface area (Å²) in [5.41, 5.74) is 5.68. The minimum absolute atomic E-state index is 0.0351. The number of carbonyl (C=O) groups is 7. The number of nitrogens with one attached hydrogen (secondary N) is 4. The molecule has 1 heterocycles. The summed E-state index contributed by atoms with van der Waals surface area (Å²) >= 11 is 5.90. The second-order valence-electron chi connectivity index (χ2n) is 15.3. The molecule has 0 bridgehead atoms. The number of alkyl halides is 2. The van der Waals surface area contributed by atoms with E-state index in [4.69, 9.17) is 17.3 Å². The Hall–Kier alpha value is -4.95. The molecular formula is C39H53ClF2N8O9S. The van der Waals surface area contributed by atoms with E-state index in [1.807, 2.05) is 13.8 Å². The molecule has 1 aliphatic carbocycles. The molecule has 0 saturated heterocycles. The predicted molar refractivity (Wildman–Crippen MR) is 214 cm³/mol. The van der Waals surface area contributed by atoms with Crippen molar-refractivity contribution in [3.8, 4) is 0 Å². The Labute approximate surface area is 352 Å². The number of nitrogens with two attached hydrogens (primary N) is 1. The lowest BCUT2D eigenvalue weighted by atomic mass is 9.84. The lowest BCUT2D eigenvalue weighted by molar-refractivity contribution is -0.160. The van der Waals surface area contributed by atoms with E-state index in [0.717, 1.165) is 31.4 Å². The largest absolute Gasteiger partial charge is 0.342 e. The average molecular weight is 883 g/mol. The molecule has 0 spiro atoms. The van der Waals surface area contributed by atoms with Crippen LogP contribution in [0.4, 0.5) is 8.78 Å². The van der Waals surface area contributed by atoms with Crippen LogP contribution in [0, 0.1) is 17.8 Å². The highest BCUT2D eigenvalue weighted by atomic mass is 35.5. The molecule has 1 aromatic carbocycles. The van der Waals surface area contributed by atoms with E-state index in [2.05, 4.69) is 25.9 Å². The van der Waals surface area contributed by atoms with Crippen LogP contribution in [0.25, 0.3) is 0 Å². The van der Waals surface area contributed by atoms with E-state index in [9.17, 15) is 50.8 Å². The van der Waals surface area contributed by atoms with Crippen LogP contribution in [0.5, 0.6) is 0 Å². The topological polar surface area (TPSA) is 257 Å². The van der Waals surface area contributed by atoms with Crippen molar-refractivity contribution in [3.05, 3.63) is 53.6 Å². The van der Waals surface area contributed by atoms with Crippen LogP contribution in [-0.2, 0) is 38.8 Å². The number of carbonyl (C=O) groups excluding carboxylic acids is 7. The second-order valence-corrected chi connectivity index (χ2v) is 17.4. The smallest absolute Gasteiger partial charge is 0.326 e. The zero-order valence-electron chi connectivity index (χ0n) is 33.9. The summed E-state index contributed by atoms with van der Waals surface area (Å²) in [6.07, 6.45) is 2.76. The van der Waals surface area contributed by atoms with Gasteiger partial charge in [0.05, 0.1) is 11.1 Å². The zero-order valence-corrected chi connectivity index (χ0v) is 35.4. The maximum absolute atomic E-state index is 14.5. The van der Waals surface area contributed by atoms with Crippen LogP contribution in [0.2, 0.25) is 5.02 Å². The van der Waals surface area contributed by atoms with Crippen LogP contribution in [0.15, 0.2) is 47.8 Å². The van der Waals surface area contributed by atoms with E-state index < -0.39 is 106 Å². The van der Waals surface area contributed by atoms with Gasteiger partial charge in [-0.05, 0) is 48.8 Å². The maximum atomic E-state index is 14.5. The number of benzene rings is 1. The second kappa shape index (κ2) is 23.2. The Morgan fingerprint density at radius 2 is 1.62 bits per heavy atom. The molecule has 1 fully saturated rings. The zero-order chi connectivity index (χ0) is 44.7. The van der Waals surface area contributed by atoms with Gasteiger partial charge >= 0.3 is 11.8 Å². The SMILES string of the molecule is CC[C@H](C)[C@H](NC(=O)[C@H](CC(C)C)NC(=O)c1cnccn1)C(=O)N[C@@H](CC1CCCCC1)C(=O)N(C(=O)C[C@H](N)CC(F)F)C(=O)C(=O)NS(=O)(=O)c1cccc(Cl)c1. The summed E-state index contributed by atoms with van der Waals surface area (Å²) in [7, 11) is -4.81. The summed E-state index contributed by atoms with van der Waals surface area (Å²) in [6, 6.07) is -1.19. The van der Waals surface area contributed by atoms with Gasteiger partial charge in [0, 0.05) is 36.3 Å². The first-order chi connectivity index (χ1) is 28.2. The van der Waals surface area contributed by atoms with Crippen molar-refractivity contribution in [3.63, 3.8) is 0 Å². The number of aromatic nitrogens is 2. The van der Waals surface area contributed by atoms with Gasteiger partial charge in [-0.3, -0.25) is 38.5 Å². The van der Waals surface area contributed by atoms with Crippen LogP contribution in [0.3, 0.4) is 0 Å². The van der Waals surface area contributed by atoms with E-state index in [1.54, 1.807) is 13.8 Å². The van der Waals surface area contributed by atoms with Crippen LogP contribution < -0.4 is 26.4 Å². The van der Waals surface area contributed by atoms with Crippen molar-refractivity contribution in [1.29, 1.82) is 0 Å². The maximum Gasteiger partial charge on any atom is 0.326 e. The van der Waals surface area contributed by atoms with Gasteiger partial charge in [-0.2, -0.15) is 0 Å². The Balaban J connectivity index is 2.00. The van der Waals surface area contributed by atoms with Gasteiger partial charge in [-0.15, -0.1) is 0 Å². The molecule has 0 unspecified atom stereocenters. The van der Waals surface area contributed by atoms with E-state index in [-0.39, 0.29) is 40.3 Å². The highest BCUT2D eigenvalue weighted by Crippen LogP contribution is 2.28. The Kier molecular flexibility index (Phi) is 19.1. The molecule has 1 aliphatic rings. The van der Waals surface area contributed by atoms with Crippen molar-refractivity contribution >= 4 is 63.0 Å². The standard InChI is InChI=1S/C39H53ClF2N8O9S/c1-5-23(4)33(48-34(52)28(16-22(2)3)46-35(53)30-21-44-14-15-45-30)36(54)47-29(17-24-10-7-6-8-11-24)38(56)50(32(51)20-26(43)19-31(41)42)39(57)37(55)49-60(58,59)27-13-9-12-25(40)18-27/h9,12-15,18,21-24,26,28-29,31,33H,5-8,10-11,16-17,19-20,43H2,1-4H3,(H,46,53)(H,47,54)(H,48,52)(H,49,55)/t23-,26+,28-,29-,33-/m0/s1. The number of amides is 7. The molecule has 60 heavy (non-hydrogen) atoms. The Morgan fingerprint density at radius 3 is 2.20 bits per heavy atom. The van der Waals surface area contributed by atoms with E-state index in [0.29, 0.717) is 19.3 Å². The van der Waals surface area contributed by atoms with Crippen molar-refractivity contribution in [2.45, 2.75) is 127 Å². The molecule has 6 N–H and O–H groups in total. The quantitative estimate of drug-likeness (QED) is 0.128. The van der Waals surface area contributed by atoms with Crippen molar-refractivity contribution in [1.82, 2.24) is 35.5 Å². The fourth-order valence-corrected chi connectivity index (χ4v) is 7.87. The summed E-state index contributed by atoms with van der Waals surface area (Å²) < 4.78 is 54.0. The first-order valence-electron chi connectivity index (χ1n) is 19.7. The first-order valence-corrected chi connectivity index (χ1v) is 21.5. The molecule has 330 valence electrons. The van der Waals surface area contributed by atoms with E-state index in [1.165, 1.54) is 35.4 Å². The minimum Gasteiger partial charge on any atom is -0.342 e. The third-order valence-electron chi connectivity index (χ3n) is 9.94. The third-order valence-corrected chi connectivity index (χ3v) is 11.5. The van der Waals surface area contributed by atoms with Gasteiger partial charge in [0.15, 0.2) is 0 Å². The Morgan fingerprint density at radius 1 is 0.933 bits per heavy atom. The van der Waals surface area contributed by atoms with Gasteiger partial charge in [0.1, 0.15) is 23.8 Å². The van der Waals surface area contributed by atoms with Crippen LogP contribution in [-0.4, -0.2) is 95.2 Å². The molecule has 7 amide bonds. The van der Waals surface area contributed by atoms with Crippen molar-refractivity contribution < 1.29 is 50.8 Å². The van der Waals surface area contributed by atoms with E-state index >= 15 is 0 Å². The molecule has 1 saturated carbocycles. The molecular weight excluding hydrogens is 830 g/mol. The van der Waals surface area contributed by atoms with Gasteiger partial charge < -0.3 is 21.7 Å². The van der Waals surface area contributed by atoms with Gasteiger partial charge in [-0.25, -0.2) is 31.8 Å². The molecule has 0 radical (unpaired) electrons. The number of hydrogen-bond acceptors (Lipinski definition) is 12. The first kappa shape index (κ1) is 49.4. The fraction of sp³-hybridized carbons (Fsp3) is 0.564. The van der Waals surface area contributed by atoms with Crippen molar-refractivity contribution in [2.75, 3.05) is 0 Å². The number of halogens is 3. The number of nitrogens with zero attached hydrogens (tertiary/aromatic N) is 3. The average Bonchev–Trinajstić information content (AvgIpc) is 3.18. The molecule has 2 aromatic rings. The van der Waals surface area contributed by atoms with Gasteiger partial charge in [0.2, 0.25) is 24.1 Å². The lowest BCUT2D eigenvalue weighted by Gasteiger charge is -2.32. The van der Waals surface area contributed by atoms with Crippen molar-refractivity contribution in [2.24, 2.45) is 23.5 Å². The summed E-state index contributed by atoms with van der Waals surface area (Å²) in [6.45, 7) is 7.01. The minimum atomic E-state index is -4.81. The lowest BCUT2D eigenvalue weighted by Crippen LogP contribution is -2.61. The highest BCUT2D eigenvalue weighted by Gasteiger charge is 2.42. The summed E-state index contributed by atoms with van der Waals surface area (Å²) in [4.78, 5) is 103. The fourth-order valence-electron chi connectivity index (χ4n) is 6.63. The van der Waals surface area contributed by atoms with Crippen LogP contribution >= 0.6 is 11.6 Å². The molecule has 17 nitrogen and oxygen atoms in total. The third kappa shape index (κ3) is 14.9. The number of imide groups is 3. The highest BCUT2D eigenvalue weighted by molar-refractivity contribution is 7.90. The monoisotopic (exact) mass is 882 g/mol. The predicted octanol–water partition coefficient (Wildman–Crippen LogP) is 3.02. The molecule has 1 aromatic heterocycles. The number of sulfonamides is 1. The van der Waals surface area contributed by atoms with Crippen LogP contribution in [0.1, 0.15) is 102 Å². The number of hydrogen-bond donors (Lipinski definition) is 5. The van der Waals surface area contributed by atoms with Gasteiger partial charge in [-0.1, -0.05) is 83.9 Å². The Bertz CT molecular complexity index is 1960. The molecule has 5 atom stereocenters. The number of rotatable bonds is 19. The normalized spacial score (nSPS) is 15.8. The summed E-state index contributed by atoms with van der Waals surface area (Å²) in [5, 5.41) is 7.81. The molecule has 3 rings (SSSR count). The summed E-state index contributed by atoms with van der Waals surface area (Å²) in [5.74, 6) is -10.2.